The SMILES string of the molecule is CCC(N)CN1CC(C)Oc2ccc(F)cc21. The molecule has 94 valence electrons. The second-order valence-corrected chi connectivity index (χ2v) is 4.61. The van der Waals surface area contributed by atoms with Gasteiger partial charge in [0.05, 0.1) is 12.2 Å². The monoisotopic (exact) mass is 238 g/mol. The second-order valence-electron chi connectivity index (χ2n) is 4.61. The van der Waals surface area contributed by atoms with E-state index in [0.29, 0.717) is 0 Å². The molecule has 0 radical (unpaired) electrons. The molecule has 4 heteroatoms. The molecule has 0 saturated heterocycles. The summed E-state index contributed by atoms with van der Waals surface area (Å²) in [6.07, 6.45) is 1.02. The maximum Gasteiger partial charge on any atom is 0.143 e. The van der Waals surface area contributed by atoms with Gasteiger partial charge in [-0.15, -0.1) is 0 Å². The van der Waals surface area contributed by atoms with Gasteiger partial charge in [-0.05, 0) is 25.5 Å². The summed E-state index contributed by atoms with van der Waals surface area (Å²) < 4.78 is 19.0. The van der Waals surface area contributed by atoms with Crippen LogP contribution in [0.3, 0.4) is 0 Å². The Balaban J connectivity index is 2.26. The molecule has 0 aromatic heterocycles. The maximum atomic E-state index is 13.3. The Hall–Kier alpha value is -1.29. The van der Waals surface area contributed by atoms with Crippen molar-refractivity contribution in [1.82, 2.24) is 0 Å². The zero-order valence-corrected chi connectivity index (χ0v) is 10.3. The fraction of sp³-hybridized carbons (Fsp3) is 0.538. The molecule has 2 rings (SSSR count). The zero-order valence-electron chi connectivity index (χ0n) is 10.3. The number of nitrogens with zero attached hydrogens (tertiary/aromatic N) is 1. The minimum Gasteiger partial charge on any atom is -0.487 e. The third-order valence-corrected chi connectivity index (χ3v) is 3.05. The number of halogens is 1. The summed E-state index contributed by atoms with van der Waals surface area (Å²) >= 11 is 0. The Morgan fingerprint density at radius 3 is 3.06 bits per heavy atom. The average molecular weight is 238 g/mol. The highest BCUT2D eigenvalue weighted by molar-refractivity contribution is 5.60. The van der Waals surface area contributed by atoms with E-state index in [-0.39, 0.29) is 18.0 Å². The largest absolute Gasteiger partial charge is 0.487 e. The first-order valence-corrected chi connectivity index (χ1v) is 6.07. The molecule has 0 aliphatic carbocycles. The van der Waals surface area contributed by atoms with E-state index in [9.17, 15) is 4.39 Å². The van der Waals surface area contributed by atoms with Crippen LogP contribution in [0.15, 0.2) is 18.2 Å². The summed E-state index contributed by atoms with van der Waals surface area (Å²) in [5.74, 6) is 0.505. The standard InChI is InChI=1S/C13H19FN2O/c1-3-11(15)8-16-7-9(2)17-13-5-4-10(14)6-12(13)16/h4-6,9,11H,3,7-8,15H2,1-2H3. The Morgan fingerprint density at radius 1 is 1.59 bits per heavy atom. The summed E-state index contributed by atoms with van der Waals surface area (Å²) in [5.41, 5.74) is 6.78. The zero-order chi connectivity index (χ0) is 12.4. The molecular weight excluding hydrogens is 219 g/mol. The minimum absolute atomic E-state index is 0.108. The highest BCUT2D eigenvalue weighted by atomic mass is 19.1. The molecular formula is C13H19FN2O. The summed E-state index contributed by atoms with van der Waals surface area (Å²) in [6.45, 7) is 5.56. The molecule has 1 aromatic carbocycles. The van der Waals surface area contributed by atoms with Crippen LogP contribution in [0.2, 0.25) is 0 Å². The first-order chi connectivity index (χ1) is 8.10. The van der Waals surface area contributed by atoms with Crippen molar-refractivity contribution in [3.05, 3.63) is 24.0 Å². The smallest absolute Gasteiger partial charge is 0.143 e. The van der Waals surface area contributed by atoms with Crippen LogP contribution in [-0.4, -0.2) is 25.2 Å². The van der Waals surface area contributed by atoms with Gasteiger partial charge in [0.1, 0.15) is 17.7 Å². The normalized spacial score (nSPS) is 20.7. The Kier molecular flexibility index (Phi) is 3.52. The Labute approximate surface area is 101 Å². The van der Waals surface area contributed by atoms with E-state index in [1.807, 2.05) is 6.92 Å². The van der Waals surface area contributed by atoms with Gasteiger partial charge >= 0.3 is 0 Å². The minimum atomic E-state index is -0.239. The number of hydrogen-bond donors (Lipinski definition) is 1. The first-order valence-electron chi connectivity index (χ1n) is 6.07. The maximum absolute atomic E-state index is 13.3. The summed E-state index contributed by atoms with van der Waals surface area (Å²) in [5, 5.41) is 0. The van der Waals surface area contributed by atoms with Crippen molar-refractivity contribution < 1.29 is 9.13 Å². The number of ether oxygens (including phenoxy) is 1. The van der Waals surface area contributed by atoms with Crippen LogP contribution < -0.4 is 15.4 Å². The summed E-state index contributed by atoms with van der Waals surface area (Å²) in [6, 6.07) is 4.74. The lowest BCUT2D eigenvalue weighted by Gasteiger charge is -2.36. The van der Waals surface area contributed by atoms with Crippen LogP contribution >= 0.6 is 0 Å². The van der Waals surface area contributed by atoms with Gasteiger partial charge in [0.25, 0.3) is 0 Å². The summed E-state index contributed by atoms with van der Waals surface area (Å²) in [7, 11) is 0. The molecule has 2 unspecified atom stereocenters. The van der Waals surface area contributed by atoms with Crippen molar-refractivity contribution in [3.63, 3.8) is 0 Å². The Bertz CT molecular complexity index is 397. The molecule has 1 aliphatic rings. The van der Waals surface area contributed by atoms with Crippen LogP contribution in [0.25, 0.3) is 0 Å². The fourth-order valence-electron chi connectivity index (χ4n) is 2.09. The number of nitrogens with two attached hydrogens (primary N) is 1. The lowest BCUT2D eigenvalue weighted by molar-refractivity contribution is 0.211. The van der Waals surface area contributed by atoms with Gasteiger partial charge in [0.2, 0.25) is 0 Å². The van der Waals surface area contributed by atoms with Crippen LogP contribution in [0.5, 0.6) is 5.75 Å². The van der Waals surface area contributed by atoms with Gasteiger partial charge in [-0.1, -0.05) is 6.92 Å². The molecule has 0 saturated carbocycles. The van der Waals surface area contributed by atoms with E-state index in [0.717, 1.165) is 30.9 Å². The van der Waals surface area contributed by atoms with Crippen LogP contribution in [-0.2, 0) is 0 Å². The molecule has 0 bridgehead atoms. The Morgan fingerprint density at radius 2 is 2.35 bits per heavy atom. The van der Waals surface area contributed by atoms with Crippen molar-refractivity contribution in [1.29, 1.82) is 0 Å². The van der Waals surface area contributed by atoms with Gasteiger partial charge in [0.15, 0.2) is 0 Å². The van der Waals surface area contributed by atoms with E-state index >= 15 is 0 Å². The second kappa shape index (κ2) is 4.92. The average Bonchev–Trinajstić information content (AvgIpc) is 2.29. The molecule has 0 spiro atoms. The van der Waals surface area contributed by atoms with E-state index in [1.165, 1.54) is 12.1 Å². The summed E-state index contributed by atoms with van der Waals surface area (Å²) in [4.78, 5) is 2.11. The van der Waals surface area contributed by atoms with Gasteiger partial charge in [0, 0.05) is 18.7 Å². The number of benzene rings is 1. The van der Waals surface area contributed by atoms with Crippen LogP contribution in [0.1, 0.15) is 20.3 Å². The number of fused-ring (bicyclic) bond motifs is 1. The van der Waals surface area contributed by atoms with Crippen molar-refractivity contribution in [3.8, 4) is 5.75 Å². The molecule has 3 nitrogen and oxygen atoms in total. The lowest BCUT2D eigenvalue weighted by atomic mass is 10.1. The first kappa shape index (κ1) is 12.2. The topological polar surface area (TPSA) is 38.5 Å². The predicted molar refractivity (Wildman–Crippen MR) is 67.0 cm³/mol. The molecule has 17 heavy (non-hydrogen) atoms. The predicted octanol–water partition coefficient (Wildman–Crippen LogP) is 2.15. The quantitative estimate of drug-likeness (QED) is 0.877. The third kappa shape index (κ3) is 2.69. The number of anilines is 1. The van der Waals surface area contributed by atoms with Gasteiger partial charge in [-0.3, -0.25) is 0 Å². The van der Waals surface area contributed by atoms with Gasteiger partial charge < -0.3 is 15.4 Å². The molecule has 0 amide bonds. The van der Waals surface area contributed by atoms with Gasteiger partial charge in [-0.2, -0.15) is 0 Å². The van der Waals surface area contributed by atoms with Crippen molar-refractivity contribution >= 4 is 5.69 Å². The van der Waals surface area contributed by atoms with Crippen LogP contribution in [0, 0.1) is 5.82 Å². The molecule has 1 aliphatic heterocycles. The highest BCUT2D eigenvalue weighted by Gasteiger charge is 2.24. The lowest BCUT2D eigenvalue weighted by Crippen LogP contribution is -2.44. The molecule has 1 aromatic rings. The number of rotatable bonds is 3. The van der Waals surface area contributed by atoms with Crippen molar-refractivity contribution in [2.45, 2.75) is 32.4 Å². The molecule has 0 fully saturated rings. The molecule has 2 N–H and O–H groups in total. The van der Waals surface area contributed by atoms with Crippen LogP contribution in [0.4, 0.5) is 10.1 Å². The fourth-order valence-corrected chi connectivity index (χ4v) is 2.09. The van der Waals surface area contributed by atoms with E-state index < -0.39 is 0 Å². The van der Waals surface area contributed by atoms with E-state index in [4.69, 9.17) is 10.5 Å². The molecule has 1 heterocycles. The van der Waals surface area contributed by atoms with E-state index in [2.05, 4.69) is 11.8 Å². The molecule has 2 atom stereocenters. The van der Waals surface area contributed by atoms with Crippen molar-refractivity contribution in [2.24, 2.45) is 5.73 Å². The highest BCUT2D eigenvalue weighted by Crippen LogP contribution is 2.33. The number of hydrogen-bond acceptors (Lipinski definition) is 3. The van der Waals surface area contributed by atoms with Gasteiger partial charge in [-0.25, -0.2) is 4.39 Å². The third-order valence-electron chi connectivity index (χ3n) is 3.05. The van der Waals surface area contributed by atoms with E-state index in [1.54, 1.807) is 6.07 Å². The van der Waals surface area contributed by atoms with Crippen molar-refractivity contribution in [2.75, 3.05) is 18.0 Å².